The minimum absolute atomic E-state index is 0.0232. The van der Waals surface area contributed by atoms with Crippen LogP contribution >= 0.6 is 11.6 Å². The topological polar surface area (TPSA) is 108 Å². The Kier molecular flexibility index (Phi) is 4.17. The number of nitrogens with one attached hydrogen (secondary N) is 1. The van der Waals surface area contributed by atoms with E-state index in [0.29, 0.717) is 5.02 Å². The first kappa shape index (κ1) is 13.1. The molecule has 0 heterocycles. The second kappa shape index (κ2) is 5.40. The molecule has 0 saturated carbocycles. The number of phenols is 1. The number of carbonyl (C=O) groups is 1. The molecule has 0 bridgehead atoms. The van der Waals surface area contributed by atoms with E-state index in [1.165, 1.54) is 25.1 Å². The lowest BCUT2D eigenvalue weighted by molar-refractivity contribution is 0.0946. The van der Waals surface area contributed by atoms with Crippen molar-refractivity contribution in [3.05, 3.63) is 28.8 Å². The van der Waals surface area contributed by atoms with Gasteiger partial charge in [0, 0.05) is 5.02 Å². The van der Waals surface area contributed by atoms with Crippen LogP contribution in [0.5, 0.6) is 5.75 Å². The van der Waals surface area contributed by atoms with Crippen LogP contribution in [0.1, 0.15) is 17.3 Å². The third kappa shape index (κ3) is 3.25. The number of oxime groups is 1. The minimum Gasteiger partial charge on any atom is -0.507 e. The molecule has 1 unspecified atom stereocenters. The number of hydrogen-bond acceptors (Lipinski definition) is 4. The number of carbonyl (C=O) groups excluding carboxylic acids is 1. The molecule has 0 radical (unpaired) electrons. The molecule has 1 amide bonds. The Labute approximate surface area is 103 Å². The van der Waals surface area contributed by atoms with Crippen LogP contribution in [0.15, 0.2) is 23.4 Å². The van der Waals surface area contributed by atoms with Crippen LogP contribution in [0.2, 0.25) is 5.02 Å². The molecule has 0 aliphatic rings. The van der Waals surface area contributed by atoms with E-state index < -0.39 is 11.9 Å². The normalized spacial score (nSPS) is 13.2. The van der Waals surface area contributed by atoms with Gasteiger partial charge in [-0.05, 0) is 25.1 Å². The fraction of sp³-hybridized carbons (Fsp3) is 0.200. The predicted molar refractivity (Wildman–Crippen MR) is 63.5 cm³/mol. The summed E-state index contributed by atoms with van der Waals surface area (Å²) in [6.45, 7) is 1.54. The fourth-order valence-corrected chi connectivity index (χ4v) is 1.30. The van der Waals surface area contributed by atoms with Crippen molar-refractivity contribution in [2.24, 2.45) is 10.9 Å². The van der Waals surface area contributed by atoms with Gasteiger partial charge in [-0.2, -0.15) is 0 Å². The zero-order valence-electron chi connectivity index (χ0n) is 9.01. The Morgan fingerprint density at radius 2 is 2.24 bits per heavy atom. The van der Waals surface area contributed by atoms with Crippen LogP contribution in [-0.2, 0) is 0 Å². The van der Waals surface area contributed by atoms with Crippen molar-refractivity contribution < 1.29 is 15.1 Å². The van der Waals surface area contributed by atoms with Gasteiger partial charge in [0.15, 0.2) is 5.84 Å². The van der Waals surface area contributed by atoms with Crippen LogP contribution in [0, 0.1) is 0 Å². The standard InChI is InChI=1S/C10H12ClN3O3/c1-5(9(12)14-17)13-10(16)7-4-6(11)2-3-8(7)15/h2-5,15,17H,1H3,(H2,12,14)(H,13,16). The van der Waals surface area contributed by atoms with Crippen LogP contribution in [-0.4, -0.2) is 28.1 Å². The molecular weight excluding hydrogens is 246 g/mol. The van der Waals surface area contributed by atoms with E-state index in [2.05, 4.69) is 10.5 Å². The molecule has 6 nitrogen and oxygen atoms in total. The number of aromatic hydroxyl groups is 1. The predicted octanol–water partition coefficient (Wildman–Crippen LogP) is 0.910. The van der Waals surface area contributed by atoms with E-state index in [4.69, 9.17) is 22.5 Å². The lowest BCUT2D eigenvalue weighted by atomic mass is 10.1. The van der Waals surface area contributed by atoms with Gasteiger partial charge in [0.2, 0.25) is 0 Å². The molecular formula is C10H12ClN3O3. The summed E-state index contributed by atoms with van der Waals surface area (Å²) >= 11 is 5.71. The highest BCUT2D eigenvalue weighted by atomic mass is 35.5. The lowest BCUT2D eigenvalue weighted by Gasteiger charge is -2.12. The van der Waals surface area contributed by atoms with Crippen LogP contribution in [0.25, 0.3) is 0 Å². The van der Waals surface area contributed by atoms with Crippen molar-refractivity contribution in [3.8, 4) is 5.75 Å². The average molecular weight is 258 g/mol. The van der Waals surface area contributed by atoms with E-state index in [9.17, 15) is 9.90 Å². The van der Waals surface area contributed by atoms with Gasteiger partial charge in [0.1, 0.15) is 5.75 Å². The Morgan fingerprint density at radius 3 is 2.82 bits per heavy atom. The van der Waals surface area contributed by atoms with Crippen LogP contribution in [0.3, 0.4) is 0 Å². The first-order valence-electron chi connectivity index (χ1n) is 4.72. The third-order valence-corrected chi connectivity index (χ3v) is 2.35. The van der Waals surface area contributed by atoms with E-state index in [1.54, 1.807) is 0 Å². The smallest absolute Gasteiger partial charge is 0.255 e. The summed E-state index contributed by atoms with van der Waals surface area (Å²) in [4.78, 5) is 11.7. The molecule has 0 aliphatic carbocycles. The second-order valence-electron chi connectivity index (χ2n) is 3.38. The zero-order chi connectivity index (χ0) is 13.0. The maximum absolute atomic E-state index is 11.7. The van der Waals surface area contributed by atoms with Gasteiger partial charge in [-0.15, -0.1) is 0 Å². The lowest BCUT2D eigenvalue weighted by Crippen LogP contribution is -2.42. The van der Waals surface area contributed by atoms with Crippen molar-refractivity contribution in [2.45, 2.75) is 13.0 Å². The highest BCUT2D eigenvalue weighted by Crippen LogP contribution is 2.21. The molecule has 7 heteroatoms. The van der Waals surface area contributed by atoms with E-state index >= 15 is 0 Å². The number of phenolic OH excluding ortho intramolecular Hbond substituents is 1. The second-order valence-corrected chi connectivity index (χ2v) is 3.82. The Bertz CT molecular complexity index is 462. The SMILES string of the molecule is CC(NC(=O)c1cc(Cl)ccc1O)/C(N)=N/O. The molecule has 1 aromatic rings. The molecule has 0 fully saturated rings. The third-order valence-electron chi connectivity index (χ3n) is 2.11. The highest BCUT2D eigenvalue weighted by molar-refractivity contribution is 6.31. The van der Waals surface area contributed by atoms with Gasteiger partial charge >= 0.3 is 0 Å². The summed E-state index contributed by atoms with van der Waals surface area (Å²) in [6.07, 6.45) is 0. The molecule has 1 rings (SSSR count). The minimum atomic E-state index is -0.661. The first-order chi connectivity index (χ1) is 7.95. The van der Waals surface area contributed by atoms with Crippen molar-refractivity contribution in [1.29, 1.82) is 0 Å². The molecule has 1 atom stereocenters. The number of amides is 1. The maximum Gasteiger partial charge on any atom is 0.255 e. The summed E-state index contributed by atoms with van der Waals surface area (Å²) in [6, 6.07) is 3.43. The van der Waals surface area contributed by atoms with Crippen LogP contribution in [0.4, 0.5) is 0 Å². The van der Waals surface area contributed by atoms with Gasteiger partial charge < -0.3 is 21.4 Å². The Balaban J connectivity index is 2.87. The van der Waals surface area contributed by atoms with Crippen molar-refractivity contribution >= 4 is 23.3 Å². The summed E-state index contributed by atoms with van der Waals surface area (Å²) in [7, 11) is 0. The monoisotopic (exact) mass is 257 g/mol. The molecule has 0 aromatic heterocycles. The quantitative estimate of drug-likeness (QED) is 0.279. The molecule has 0 spiro atoms. The van der Waals surface area contributed by atoms with Crippen molar-refractivity contribution in [1.82, 2.24) is 5.32 Å². The van der Waals surface area contributed by atoms with E-state index in [0.717, 1.165) is 0 Å². The zero-order valence-corrected chi connectivity index (χ0v) is 9.77. The van der Waals surface area contributed by atoms with E-state index in [-0.39, 0.29) is 17.1 Å². The number of amidine groups is 1. The number of nitrogens with two attached hydrogens (primary N) is 1. The largest absolute Gasteiger partial charge is 0.507 e. The molecule has 5 N–H and O–H groups in total. The summed E-state index contributed by atoms with van der Waals surface area (Å²) in [5, 5.41) is 23.4. The molecule has 0 saturated heterocycles. The molecule has 92 valence electrons. The summed E-state index contributed by atoms with van der Waals surface area (Å²) < 4.78 is 0. The molecule has 0 aliphatic heterocycles. The number of hydrogen-bond donors (Lipinski definition) is 4. The van der Waals surface area contributed by atoms with Gasteiger partial charge in [-0.25, -0.2) is 0 Å². The number of halogens is 1. The average Bonchev–Trinajstić information content (AvgIpc) is 2.30. The van der Waals surface area contributed by atoms with Gasteiger partial charge in [-0.1, -0.05) is 16.8 Å². The maximum atomic E-state index is 11.7. The van der Waals surface area contributed by atoms with E-state index in [1.807, 2.05) is 0 Å². The first-order valence-corrected chi connectivity index (χ1v) is 5.10. The summed E-state index contributed by atoms with van der Waals surface area (Å²) in [5.41, 5.74) is 5.33. The number of nitrogens with zero attached hydrogens (tertiary/aromatic N) is 1. The highest BCUT2D eigenvalue weighted by Gasteiger charge is 2.16. The Morgan fingerprint density at radius 1 is 1.59 bits per heavy atom. The van der Waals surface area contributed by atoms with Crippen molar-refractivity contribution in [2.75, 3.05) is 0 Å². The number of benzene rings is 1. The van der Waals surface area contributed by atoms with Gasteiger partial charge in [0.05, 0.1) is 11.6 Å². The van der Waals surface area contributed by atoms with Crippen LogP contribution < -0.4 is 11.1 Å². The fourth-order valence-electron chi connectivity index (χ4n) is 1.13. The summed E-state index contributed by atoms with van der Waals surface area (Å²) in [5.74, 6) is -0.900. The van der Waals surface area contributed by atoms with Crippen molar-refractivity contribution in [3.63, 3.8) is 0 Å². The number of rotatable bonds is 3. The van der Waals surface area contributed by atoms with Gasteiger partial charge in [0.25, 0.3) is 5.91 Å². The molecule has 17 heavy (non-hydrogen) atoms. The molecule has 1 aromatic carbocycles. The Hall–Kier alpha value is -1.95. The van der Waals surface area contributed by atoms with Gasteiger partial charge in [-0.3, -0.25) is 4.79 Å².